The van der Waals surface area contributed by atoms with Crippen LogP contribution in [0.5, 0.6) is 5.75 Å². The van der Waals surface area contributed by atoms with Gasteiger partial charge in [0.15, 0.2) is 6.29 Å². The zero-order chi connectivity index (χ0) is 27.0. The van der Waals surface area contributed by atoms with Crippen LogP contribution in [0.1, 0.15) is 18.9 Å². The van der Waals surface area contributed by atoms with Gasteiger partial charge >= 0.3 is 5.97 Å². The molecule has 1 aliphatic carbocycles. The third-order valence-corrected chi connectivity index (χ3v) is 7.09. The Hall–Kier alpha value is -2.55. The molecule has 0 amide bonds. The van der Waals surface area contributed by atoms with Crippen LogP contribution >= 0.6 is 0 Å². The Labute approximate surface area is 212 Å². The maximum atomic E-state index is 12.7. The van der Waals surface area contributed by atoms with E-state index in [-0.39, 0.29) is 6.42 Å². The standard InChI is InChI=1S/C25H32O12/c1-24(37-17(28)8-5-13-3-6-14(33-2)7-4-13)11-16(27)25(32)9-10-34-23(21(24)25)36-22-20(31)19(30)18(29)15(12-26)35-22/h3-10,15-16,18-23,26-27,29-32H,11-12H2,1-2H3/b8-5+/t15-,16?,18-,19+,20-,21?,22+,23?,24?,25?/m1/s1. The summed E-state index contributed by atoms with van der Waals surface area (Å²) in [6, 6.07) is 6.94. The number of methoxy groups -OCH3 is 1. The van der Waals surface area contributed by atoms with E-state index in [0.717, 1.165) is 6.26 Å². The summed E-state index contributed by atoms with van der Waals surface area (Å²) in [5, 5.41) is 61.9. The van der Waals surface area contributed by atoms with Gasteiger partial charge in [0.2, 0.25) is 6.29 Å². The number of ether oxygens (including phenoxy) is 5. The Morgan fingerprint density at radius 1 is 1.11 bits per heavy atom. The van der Waals surface area contributed by atoms with Crippen molar-refractivity contribution in [2.24, 2.45) is 5.92 Å². The van der Waals surface area contributed by atoms with Crippen LogP contribution in [0.2, 0.25) is 0 Å². The van der Waals surface area contributed by atoms with E-state index in [0.29, 0.717) is 11.3 Å². The van der Waals surface area contributed by atoms with Gasteiger partial charge in [-0.25, -0.2) is 4.79 Å². The molecule has 12 heteroatoms. The van der Waals surface area contributed by atoms with Crippen LogP contribution < -0.4 is 4.74 Å². The Morgan fingerprint density at radius 3 is 2.46 bits per heavy atom. The maximum absolute atomic E-state index is 12.7. The van der Waals surface area contributed by atoms with Gasteiger partial charge in [0.25, 0.3) is 0 Å². The number of carbonyl (C=O) groups excluding carboxylic acids is 1. The highest BCUT2D eigenvalue weighted by Crippen LogP contribution is 2.51. The Morgan fingerprint density at radius 2 is 1.81 bits per heavy atom. The predicted octanol–water partition coefficient (Wildman–Crippen LogP) is -1.19. The molecule has 0 bridgehead atoms. The smallest absolute Gasteiger partial charge is 0.331 e. The van der Waals surface area contributed by atoms with E-state index in [2.05, 4.69) is 0 Å². The van der Waals surface area contributed by atoms with Crippen molar-refractivity contribution in [3.63, 3.8) is 0 Å². The highest BCUT2D eigenvalue weighted by atomic mass is 16.8. The van der Waals surface area contributed by atoms with Crippen molar-refractivity contribution in [2.75, 3.05) is 13.7 Å². The van der Waals surface area contributed by atoms with E-state index in [1.54, 1.807) is 31.4 Å². The highest BCUT2D eigenvalue weighted by Gasteiger charge is 2.66. The highest BCUT2D eigenvalue weighted by molar-refractivity contribution is 5.87. The number of aliphatic hydroxyl groups excluding tert-OH is 5. The van der Waals surface area contributed by atoms with Gasteiger partial charge in [-0.15, -0.1) is 0 Å². The van der Waals surface area contributed by atoms with Crippen molar-refractivity contribution in [3.05, 3.63) is 48.2 Å². The summed E-state index contributed by atoms with van der Waals surface area (Å²) in [4.78, 5) is 12.7. The van der Waals surface area contributed by atoms with Gasteiger partial charge in [-0.3, -0.25) is 0 Å². The van der Waals surface area contributed by atoms with E-state index in [1.165, 1.54) is 25.2 Å². The molecule has 2 fully saturated rings. The second-order valence-electron chi connectivity index (χ2n) is 9.57. The molecule has 204 valence electrons. The second-order valence-corrected chi connectivity index (χ2v) is 9.57. The lowest BCUT2D eigenvalue weighted by atomic mass is 9.81. The topological polar surface area (TPSA) is 185 Å². The number of aliphatic hydroxyl groups is 6. The Balaban J connectivity index is 1.53. The van der Waals surface area contributed by atoms with Crippen molar-refractivity contribution in [1.82, 2.24) is 0 Å². The molecule has 1 saturated heterocycles. The molecule has 1 aromatic carbocycles. The lowest BCUT2D eigenvalue weighted by Gasteiger charge is -2.45. The Bertz CT molecular complexity index is 1010. The number of fused-ring (bicyclic) bond motifs is 1. The molecular formula is C25H32O12. The van der Waals surface area contributed by atoms with Gasteiger partial charge in [0.1, 0.15) is 41.4 Å². The van der Waals surface area contributed by atoms with Crippen molar-refractivity contribution in [2.45, 2.75) is 67.6 Å². The molecule has 0 radical (unpaired) electrons. The molecule has 10 atom stereocenters. The van der Waals surface area contributed by atoms with Crippen molar-refractivity contribution in [1.29, 1.82) is 0 Å². The predicted molar refractivity (Wildman–Crippen MR) is 124 cm³/mol. The third-order valence-electron chi connectivity index (χ3n) is 7.09. The first-order valence-electron chi connectivity index (χ1n) is 11.8. The van der Waals surface area contributed by atoms with Gasteiger partial charge in [0, 0.05) is 12.5 Å². The number of hydrogen-bond acceptors (Lipinski definition) is 12. The van der Waals surface area contributed by atoms with Crippen molar-refractivity contribution in [3.8, 4) is 5.75 Å². The van der Waals surface area contributed by atoms with Crippen LogP contribution in [0.15, 0.2) is 42.7 Å². The molecule has 4 rings (SSSR count). The molecule has 0 spiro atoms. The fourth-order valence-electron chi connectivity index (χ4n) is 5.07. The van der Waals surface area contributed by atoms with E-state index in [4.69, 9.17) is 23.7 Å². The lowest BCUT2D eigenvalue weighted by Crippen LogP contribution is -2.62. The molecule has 5 unspecified atom stereocenters. The van der Waals surface area contributed by atoms with Gasteiger partial charge in [-0.2, -0.15) is 0 Å². The minimum atomic E-state index is -1.92. The summed E-state index contributed by atoms with van der Waals surface area (Å²) in [7, 11) is 1.54. The van der Waals surface area contributed by atoms with Gasteiger partial charge in [-0.05, 0) is 36.8 Å². The fraction of sp³-hybridized carbons (Fsp3) is 0.560. The summed E-state index contributed by atoms with van der Waals surface area (Å²) in [5.41, 5.74) is -2.72. The molecule has 2 heterocycles. The van der Waals surface area contributed by atoms with Crippen LogP contribution in [-0.4, -0.2) is 105 Å². The van der Waals surface area contributed by atoms with Gasteiger partial charge < -0.3 is 54.3 Å². The number of esters is 1. The molecule has 1 saturated carbocycles. The average Bonchev–Trinajstić information content (AvgIpc) is 3.08. The summed E-state index contributed by atoms with van der Waals surface area (Å²) in [6.45, 7) is 0.836. The van der Waals surface area contributed by atoms with Crippen molar-refractivity contribution < 1.29 is 59.1 Å². The molecule has 0 aromatic heterocycles. The summed E-state index contributed by atoms with van der Waals surface area (Å²) in [5.74, 6) is -1.29. The molecule has 1 aromatic rings. The summed E-state index contributed by atoms with van der Waals surface area (Å²) >= 11 is 0. The van der Waals surface area contributed by atoms with Gasteiger partial charge in [-0.1, -0.05) is 12.1 Å². The normalized spacial score (nSPS) is 41.3. The number of benzene rings is 1. The number of rotatable bonds is 7. The minimum absolute atomic E-state index is 0.168. The third kappa shape index (κ3) is 5.24. The Kier molecular flexibility index (Phi) is 7.93. The zero-order valence-electron chi connectivity index (χ0n) is 20.3. The first kappa shape index (κ1) is 27.5. The largest absolute Gasteiger partial charge is 0.497 e. The molecule has 6 N–H and O–H groups in total. The van der Waals surface area contributed by atoms with Crippen molar-refractivity contribution >= 4 is 12.0 Å². The average molecular weight is 525 g/mol. The molecule has 2 aliphatic heterocycles. The van der Waals surface area contributed by atoms with Crippen LogP contribution in [0.4, 0.5) is 0 Å². The zero-order valence-corrected chi connectivity index (χ0v) is 20.3. The van der Waals surface area contributed by atoms with E-state index in [9.17, 15) is 35.4 Å². The maximum Gasteiger partial charge on any atom is 0.331 e. The van der Waals surface area contributed by atoms with E-state index < -0.39 is 72.8 Å². The summed E-state index contributed by atoms with van der Waals surface area (Å²) in [6.07, 6.45) is -5.73. The molecular weight excluding hydrogens is 492 g/mol. The van der Waals surface area contributed by atoms with E-state index in [1.807, 2.05) is 0 Å². The van der Waals surface area contributed by atoms with Crippen LogP contribution in [0, 0.1) is 5.92 Å². The van der Waals surface area contributed by atoms with E-state index >= 15 is 0 Å². The quantitative estimate of drug-likeness (QED) is 0.185. The number of hydrogen-bond donors (Lipinski definition) is 6. The molecule has 12 nitrogen and oxygen atoms in total. The molecule has 37 heavy (non-hydrogen) atoms. The minimum Gasteiger partial charge on any atom is -0.497 e. The van der Waals surface area contributed by atoms with Crippen LogP contribution in [0.3, 0.4) is 0 Å². The van der Waals surface area contributed by atoms with Crippen LogP contribution in [0.25, 0.3) is 6.08 Å². The van der Waals surface area contributed by atoms with Crippen LogP contribution in [-0.2, 0) is 23.7 Å². The second kappa shape index (κ2) is 10.7. The number of carbonyl (C=O) groups is 1. The monoisotopic (exact) mass is 524 g/mol. The fourth-order valence-corrected chi connectivity index (χ4v) is 5.07. The lowest BCUT2D eigenvalue weighted by molar-refractivity contribution is -0.351. The SMILES string of the molecule is COc1ccc(/C=C/C(=O)OC2(C)CC(O)C3(O)C=COC(O[C@@H]4O[C@H](CO)[C@@H](O)[C@H](O)[C@H]4O)C23)cc1. The first-order valence-corrected chi connectivity index (χ1v) is 11.8. The first-order chi connectivity index (χ1) is 17.5. The molecule has 3 aliphatic rings. The summed E-state index contributed by atoms with van der Waals surface area (Å²) < 4.78 is 27.4. The van der Waals surface area contributed by atoms with Gasteiger partial charge in [0.05, 0.1) is 32.0 Å².